The summed E-state index contributed by atoms with van der Waals surface area (Å²) in [4.78, 5) is 0. The van der Waals surface area contributed by atoms with Crippen molar-refractivity contribution in [3.05, 3.63) is 29.6 Å². The summed E-state index contributed by atoms with van der Waals surface area (Å²) >= 11 is 0. The van der Waals surface area contributed by atoms with Crippen LogP contribution >= 0.6 is 0 Å². The van der Waals surface area contributed by atoms with Gasteiger partial charge in [-0.3, -0.25) is 4.68 Å². The van der Waals surface area contributed by atoms with Crippen LogP contribution in [0.15, 0.2) is 18.3 Å². The minimum absolute atomic E-state index is 0.925. The number of hydrogen-bond acceptors (Lipinski definition) is 2. The Morgan fingerprint density at radius 1 is 1.53 bits per heavy atom. The van der Waals surface area contributed by atoms with Gasteiger partial charge >= 0.3 is 0 Å². The topological polar surface area (TPSA) is 29.9 Å². The third-order valence-electron chi connectivity index (χ3n) is 2.37. The Hall–Kier alpha value is -1.09. The number of aryl methyl sites for hydroxylation is 2. The largest absolute Gasteiger partial charge is 0.312 e. The van der Waals surface area contributed by atoms with Crippen molar-refractivity contribution in [2.45, 2.75) is 33.2 Å². The first-order chi connectivity index (χ1) is 7.27. The van der Waals surface area contributed by atoms with Crippen molar-refractivity contribution in [1.82, 2.24) is 15.1 Å². The second-order valence-corrected chi connectivity index (χ2v) is 3.66. The SMILES string of the molecule is C/C=C/CCNCc1cn(C)nc1CC. The Morgan fingerprint density at radius 3 is 3.00 bits per heavy atom. The summed E-state index contributed by atoms with van der Waals surface area (Å²) in [6.45, 7) is 6.15. The molecule has 3 heteroatoms. The van der Waals surface area contributed by atoms with Crippen molar-refractivity contribution < 1.29 is 0 Å². The van der Waals surface area contributed by atoms with E-state index in [1.165, 1.54) is 11.3 Å². The van der Waals surface area contributed by atoms with Gasteiger partial charge in [-0.2, -0.15) is 5.10 Å². The van der Waals surface area contributed by atoms with Crippen LogP contribution in [0.4, 0.5) is 0 Å². The lowest BCUT2D eigenvalue weighted by atomic mass is 10.2. The molecule has 0 saturated carbocycles. The third kappa shape index (κ3) is 3.88. The van der Waals surface area contributed by atoms with Gasteiger partial charge in [0.1, 0.15) is 0 Å². The first-order valence-corrected chi connectivity index (χ1v) is 5.61. The molecule has 3 nitrogen and oxygen atoms in total. The van der Waals surface area contributed by atoms with Gasteiger partial charge in [-0.15, -0.1) is 0 Å². The highest BCUT2D eigenvalue weighted by Gasteiger charge is 2.04. The molecule has 0 amide bonds. The highest BCUT2D eigenvalue weighted by atomic mass is 15.3. The second kappa shape index (κ2) is 6.40. The van der Waals surface area contributed by atoms with E-state index in [2.05, 4.69) is 42.6 Å². The van der Waals surface area contributed by atoms with E-state index in [-0.39, 0.29) is 0 Å². The molecular weight excluding hydrogens is 186 g/mol. The van der Waals surface area contributed by atoms with E-state index in [0.717, 1.165) is 25.9 Å². The summed E-state index contributed by atoms with van der Waals surface area (Å²) in [5.41, 5.74) is 2.52. The van der Waals surface area contributed by atoms with Crippen LogP contribution in [0, 0.1) is 0 Å². The monoisotopic (exact) mass is 207 g/mol. The van der Waals surface area contributed by atoms with Gasteiger partial charge in [0, 0.05) is 25.4 Å². The number of rotatable bonds is 6. The van der Waals surface area contributed by atoms with Crippen LogP contribution in [0.5, 0.6) is 0 Å². The summed E-state index contributed by atoms with van der Waals surface area (Å²) in [5.74, 6) is 0. The molecule has 1 N–H and O–H groups in total. The number of nitrogens with one attached hydrogen (secondary N) is 1. The second-order valence-electron chi connectivity index (χ2n) is 3.66. The number of hydrogen-bond donors (Lipinski definition) is 1. The van der Waals surface area contributed by atoms with Gasteiger partial charge in [0.15, 0.2) is 0 Å². The molecular formula is C12H21N3. The molecule has 0 radical (unpaired) electrons. The molecule has 0 spiro atoms. The van der Waals surface area contributed by atoms with Crippen molar-refractivity contribution in [2.75, 3.05) is 6.54 Å². The van der Waals surface area contributed by atoms with Gasteiger partial charge in [0.25, 0.3) is 0 Å². The molecule has 0 aliphatic carbocycles. The number of nitrogens with zero attached hydrogens (tertiary/aromatic N) is 2. The molecule has 0 saturated heterocycles. The molecule has 15 heavy (non-hydrogen) atoms. The maximum atomic E-state index is 4.41. The normalized spacial score (nSPS) is 11.4. The molecule has 1 aromatic rings. The molecule has 1 rings (SSSR count). The average Bonchev–Trinajstić information content (AvgIpc) is 2.59. The average molecular weight is 207 g/mol. The van der Waals surface area contributed by atoms with Gasteiger partial charge in [-0.05, 0) is 26.3 Å². The van der Waals surface area contributed by atoms with Gasteiger partial charge in [-0.1, -0.05) is 19.1 Å². The fraction of sp³-hybridized carbons (Fsp3) is 0.583. The van der Waals surface area contributed by atoms with E-state index in [4.69, 9.17) is 0 Å². The predicted molar refractivity (Wildman–Crippen MR) is 63.7 cm³/mol. The maximum absolute atomic E-state index is 4.41. The van der Waals surface area contributed by atoms with E-state index in [9.17, 15) is 0 Å². The standard InChI is InChI=1S/C12H21N3/c1-4-6-7-8-13-9-11-10-15(3)14-12(11)5-2/h4,6,10,13H,5,7-9H2,1-3H3/b6-4+. The van der Waals surface area contributed by atoms with Crippen LogP contribution in [0.25, 0.3) is 0 Å². The van der Waals surface area contributed by atoms with Crippen LogP contribution in [0.2, 0.25) is 0 Å². The molecule has 0 unspecified atom stereocenters. The molecule has 84 valence electrons. The molecule has 1 heterocycles. The lowest BCUT2D eigenvalue weighted by Crippen LogP contribution is -2.14. The van der Waals surface area contributed by atoms with Crippen LogP contribution in [-0.2, 0) is 20.0 Å². The Kier molecular flexibility index (Phi) is 5.12. The zero-order chi connectivity index (χ0) is 11.1. The highest BCUT2D eigenvalue weighted by molar-refractivity contribution is 5.16. The summed E-state index contributed by atoms with van der Waals surface area (Å²) in [7, 11) is 1.97. The Labute approximate surface area is 92.2 Å². The van der Waals surface area contributed by atoms with Gasteiger partial charge in [0.05, 0.1) is 5.69 Å². The van der Waals surface area contributed by atoms with Crippen LogP contribution in [-0.4, -0.2) is 16.3 Å². The molecule has 0 aromatic carbocycles. The lowest BCUT2D eigenvalue weighted by Gasteiger charge is -2.01. The molecule has 0 fully saturated rings. The molecule has 1 aromatic heterocycles. The van der Waals surface area contributed by atoms with Crippen molar-refractivity contribution in [2.24, 2.45) is 7.05 Å². The van der Waals surface area contributed by atoms with Crippen molar-refractivity contribution >= 4 is 0 Å². The quantitative estimate of drug-likeness (QED) is 0.571. The first kappa shape index (κ1) is 12.0. The van der Waals surface area contributed by atoms with Crippen LogP contribution < -0.4 is 5.32 Å². The van der Waals surface area contributed by atoms with E-state index in [1.54, 1.807) is 0 Å². The Balaban J connectivity index is 2.36. The predicted octanol–water partition coefficient (Wildman–Crippen LogP) is 2.04. The number of allylic oxidation sites excluding steroid dienone is 1. The van der Waals surface area contributed by atoms with Crippen molar-refractivity contribution in [3.8, 4) is 0 Å². The van der Waals surface area contributed by atoms with Gasteiger partial charge < -0.3 is 5.32 Å². The van der Waals surface area contributed by atoms with Gasteiger partial charge in [-0.25, -0.2) is 0 Å². The van der Waals surface area contributed by atoms with Crippen molar-refractivity contribution in [3.63, 3.8) is 0 Å². The maximum Gasteiger partial charge on any atom is 0.0666 e. The van der Waals surface area contributed by atoms with Crippen LogP contribution in [0.3, 0.4) is 0 Å². The fourth-order valence-electron chi connectivity index (χ4n) is 1.60. The molecule has 0 atom stereocenters. The minimum atomic E-state index is 0.925. The van der Waals surface area contributed by atoms with Crippen LogP contribution in [0.1, 0.15) is 31.5 Å². The highest BCUT2D eigenvalue weighted by Crippen LogP contribution is 2.06. The minimum Gasteiger partial charge on any atom is -0.312 e. The molecule has 0 aliphatic heterocycles. The summed E-state index contributed by atoms with van der Waals surface area (Å²) in [6.07, 6.45) is 8.46. The van der Waals surface area contributed by atoms with Gasteiger partial charge in [0.2, 0.25) is 0 Å². The third-order valence-corrected chi connectivity index (χ3v) is 2.37. The van der Waals surface area contributed by atoms with E-state index >= 15 is 0 Å². The lowest BCUT2D eigenvalue weighted by molar-refractivity contribution is 0.690. The molecule has 0 bridgehead atoms. The summed E-state index contributed by atoms with van der Waals surface area (Å²) in [6, 6.07) is 0. The Bertz CT molecular complexity index is 313. The first-order valence-electron chi connectivity index (χ1n) is 5.61. The number of aromatic nitrogens is 2. The fourth-order valence-corrected chi connectivity index (χ4v) is 1.60. The van der Waals surface area contributed by atoms with E-state index in [0.29, 0.717) is 0 Å². The molecule has 0 aliphatic rings. The zero-order valence-electron chi connectivity index (χ0n) is 9.95. The van der Waals surface area contributed by atoms with E-state index in [1.807, 2.05) is 11.7 Å². The Morgan fingerprint density at radius 2 is 2.33 bits per heavy atom. The van der Waals surface area contributed by atoms with E-state index < -0.39 is 0 Å². The smallest absolute Gasteiger partial charge is 0.0666 e. The summed E-state index contributed by atoms with van der Waals surface area (Å²) < 4.78 is 1.89. The summed E-state index contributed by atoms with van der Waals surface area (Å²) in [5, 5.41) is 7.83. The zero-order valence-corrected chi connectivity index (χ0v) is 9.95. The van der Waals surface area contributed by atoms with Crippen molar-refractivity contribution in [1.29, 1.82) is 0 Å².